The second kappa shape index (κ2) is 3.60. The predicted octanol–water partition coefficient (Wildman–Crippen LogP) is 3.45. The predicted molar refractivity (Wildman–Crippen MR) is 46.0 cm³/mol. The van der Waals surface area contributed by atoms with Crippen LogP contribution >= 0.6 is 0 Å². The highest BCUT2D eigenvalue weighted by atomic mass is 14.0. The van der Waals surface area contributed by atoms with E-state index in [1.165, 1.54) is 25.7 Å². The first kappa shape index (κ1) is 7.59. The monoisotopic (exact) mass is 136 g/mol. The molecule has 1 aliphatic rings. The Bertz CT molecular complexity index is 143. The maximum atomic E-state index is 2.30. The summed E-state index contributed by atoms with van der Waals surface area (Å²) in [5.41, 5.74) is 3.20. The molecule has 0 aromatic rings. The number of hydrogen-bond donors (Lipinski definition) is 0. The van der Waals surface area contributed by atoms with Crippen molar-refractivity contribution < 1.29 is 0 Å². The summed E-state index contributed by atoms with van der Waals surface area (Å²) < 4.78 is 0. The fraction of sp³-hybridized carbons (Fsp3) is 0.600. The molecule has 10 heavy (non-hydrogen) atoms. The van der Waals surface area contributed by atoms with Gasteiger partial charge in [0, 0.05) is 0 Å². The summed E-state index contributed by atoms with van der Waals surface area (Å²) in [6.07, 6.45) is 9.61. The Morgan fingerprint density at radius 3 is 1.70 bits per heavy atom. The van der Waals surface area contributed by atoms with Crippen LogP contribution < -0.4 is 0 Å². The molecule has 0 saturated heterocycles. The Morgan fingerprint density at radius 1 is 0.900 bits per heavy atom. The van der Waals surface area contributed by atoms with E-state index in [0.29, 0.717) is 0 Å². The molecule has 0 saturated carbocycles. The minimum atomic E-state index is 1.24. The molecule has 0 aromatic heterocycles. The van der Waals surface area contributed by atoms with Crippen LogP contribution in [0.25, 0.3) is 0 Å². The lowest BCUT2D eigenvalue weighted by Crippen LogP contribution is -1.87. The molecule has 0 atom stereocenters. The second-order valence-corrected chi connectivity index (χ2v) is 3.11. The molecule has 1 rings (SSSR count). The van der Waals surface area contributed by atoms with E-state index in [-0.39, 0.29) is 0 Å². The van der Waals surface area contributed by atoms with Crippen LogP contribution in [0.4, 0.5) is 0 Å². The molecule has 0 aliphatic heterocycles. The van der Waals surface area contributed by atoms with Gasteiger partial charge in [0.05, 0.1) is 0 Å². The first-order valence-electron chi connectivity index (χ1n) is 4.11. The highest BCUT2D eigenvalue weighted by Crippen LogP contribution is 2.17. The SMILES string of the molecule is CC1=C(C)CCC=CCC1. The molecule has 0 heterocycles. The van der Waals surface area contributed by atoms with Crippen LogP contribution in [0.2, 0.25) is 0 Å². The van der Waals surface area contributed by atoms with Gasteiger partial charge in [0.25, 0.3) is 0 Å². The van der Waals surface area contributed by atoms with Gasteiger partial charge in [0.2, 0.25) is 0 Å². The highest BCUT2D eigenvalue weighted by molar-refractivity contribution is 5.12. The van der Waals surface area contributed by atoms with Crippen molar-refractivity contribution in [2.75, 3.05) is 0 Å². The van der Waals surface area contributed by atoms with Gasteiger partial charge in [-0.2, -0.15) is 0 Å². The number of hydrogen-bond acceptors (Lipinski definition) is 0. The lowest BCUT2D eigenvalue weighted by molar-refractivity contribution is 0.864. The molecule has 0 unspecified atom stereocenters. The summed E-state index contributed by atoms with van der Waals surface area (Å²) in [4.78, 5) is 0. The van der Waals surface area contributed by atoms with Crippen molar-refractivity contribution in [3.05, 3.63) is 23.3 Å². The van der Waals surface area contributed by atoms with Crippen molar-refractivity contribution in [1.29, 1.82) is 0 Å². The molecule has 0 heteroatoms. The van der Waals surface area contributed by atoms with E-state index >= 15 is 0 Å². The minimum Gasteiger partial charge on any atom is -0.0882 e. The van der Waals surface area contributed by atoms with Gasteiger partial charge in [-0.05, 0) is 39.5 Å². The Balaban J connectivity index is 2.57. The molecular weight excluding hydrogens is 120 g/mol. The molecule has 0 nitrogen and oxygen atoms in total. The molecule has 1 aliphatic carbocycles. The minimum absolute atomic E-state index is 1.24. The summed E-state index contributed by atoms with van der Waals surface area (Å²) in [7, 11) is 0. The van der Waals surface area contributed by atoms with E-state index in [4.69, 9.17) is 0 Å². The maximum Gasteiger partial charge on any atom is -0.0286 e. The topological polar surface area (TPSA) is 0 Å². The lowest BCUT2D eigenvalue weighted by Gasteiger charge is -2.07. The zero-order chi connectivity index (χ0) is 7.40. The van der Waals surface area contributed by atoms with Crippen molar-refractivity contribution in [3.8, 4) is 0 Å². The third-order valence-electron chi connectivity index (χ3n) is 2.27. The first-order chi connectivity index (χ1) is 4.80. The molecule has 0 N–H and O–H groups in total. The van der Waals surface area contributed by atoms with Crippen LogP contribution in [0.1, 0.15) is 39.5 Å². The van der Waals surface area contributed by atoms with Gasteiger partial charge in [-0.1, -0.05) is 23.3 Å². The zero-order valence-corrected chi connectivity index (χ0v) is 6.98. The Labute approximate surface area is 63.6 Å². The third kappa shape index (κ3) is 2.02. The van der Waals surface area contributed by atoms with Gasteiger partial charge < -0.3 is 0 Å². The third-order valence-corrected chi connectivity index (χ3v) is 2.27. The van der Waals surface area contributed by atoms with E-state index in [9.17, 15) is 0 Å². The highest BCUT2D eigenvalue weighted by Gasteiger charge is 1.97. The van der Waals surface area contributed by atoms with Crippen molar-refractivity contribution in [2.24, 2.45) is 0 Å². The summed E-state index contributed by atoms with van der Waals surface area (Å²) in [6.45, 7) is 4.52. The van der Waals surface area contributed by atoms with Crippen LogP contribution in [-0.2, 0) is 0 Å². The van der Waals surface area contributed by atoms with Crippen molar-refractivity contribution in [1.82, 2.24) is 0 Å². The van der Waals surface area contributed by atoms with Crippen LogP contribution in [0.3, 0.4) is 0 Å². The van der Waals surface area contributed by atoms with Crippen molar-refractivity contribution in [2.45, 2.75) is 39.5 Å². The van der Waals surface area contributed by atoms with E-state index < -0.39 is 0 Å². The fourth-order valence-corrected chi connectivity index (χ4v) is 1.26. The smallest absolute Gasteiger partial charge is 0.0286 e. The molecule has 0 fully saturated rings. The average Bonchev–Trinajstić information content (AvgIpc) is 1.92. The summed E-state index contributed by atoms with van der Waals surface area (Å²) >= 11 is 0. The van der Waals surface area contributed by atoms with E-state index in [1.54, 1.807) is 11.1 Å². The van der Waals surface area contributed by atoms with E-state index in [2.05, 4.69) is 26.0 Å². The number of rotatable bonds is 0. The molecule has 0 amide bonds. The average molecular weight is 136 g/mol. The van der Waals surface area contributed by atoms with Crippen molar-refractivity contribution >= 4 is 0 Å². The fourth-order valence-electron chi connectivity index (χ4n) is 1.26. The molecule has 0 bridgehead atoms. The molecule has 0 spiro atoms. The summed E-state index contributed by atoms with van der Waals surface area (Å²) in [5, 5.41) is 0. The standard InChI is InChI=1S/C10H16/c1-9-7-5-3-4-6-8-10(9)2/h3-4H,5-8H2,1-2H3. The van der Waals surface area contributed by atoms with Gasteiger partial charge in [-0.15, -0.1) is 0 Å². The van der Waals surface area contributed by atoms with Gasteiger partial charge >= 0.3 is 0 Å². The maximum absolute atomic E-state index is 2.30. The van der Waals surface area contributed by atoms with Crippen molar-refractivity contribution in [3.63, 3.8) is 0 Å². The van der Waals surface area contributed by atoms with E-state index in [0.717, 1.165) is 0 Å². The van der Waals surface area contributed by atoms with Crippen LogP contribution in [-0.4, -0.2) is 0 Å². The lowest BCUT2D eigenvalue weighted by atomic mass is 9.99. The molecule has 56 valence electrons. The zero-order valence-electron chi connectivity index (χ0n) is 6.98. The molecular formula is C10H16. The summed E-state index contributed by atoms with van der Waals surface area (Å²) in [6, 6.07) is 0. The van der Waals surface area contributed by atoms with Gasteiger partial charge in [0.1, 0.15) is 0 Å². The Morgan fingerprint density at radius 2 is 1.30 bits per heavy atom. The van der Waals surface area contributed by atoms with E-state index in [1.807, 2.05) is 0 Å². The molecule has 0 aromatic carbocycles. The van der Waals surface area contributed by atoms with Gasteiger partial charge in [-0.3, -0.25) is 0 Å². The normalized spacial score (nSPS) is 20.6. The van der Waals surface area contributed by atoms with Gasteiger partial charge in [-0.25, -0.2) is 0 Å². The Hall–Kier alpha value is -0.520. The number of allylic oxidation sites excluding steroid dienone is 4. The Kier molecular flexibility index (Phi) is 2.73. The van der Waals surface area contributed by atoms with Gasteiger partial charge in [0.15, 0.2) is 0 Å². The summed E-state index contributed by atoms with van der Waals surface area (Å²) in [5.74, 6) is 0. The second-order valence-electron chi connectivity index (χ2n) is 3.11. The first-order valence-corrected chi connectivity index (χ1v) is 4.11. The van der Waals surface area contributed by atoms with Crippen LogP contribution in [0, 0.1) is 0 Å². The van der Waals surface area contributed by atoms with Crippen LogP contribution in [0.15, 0.2) is 23.3 Å². The quantitative estimate of drug-likeness (QED) is 0.447. The largest absolute Gasteiger partial charge is 0.0882 e. The molecule has 0 radical (unpaired) electrons. The van der Waals surface area contributed by atoms with Crippen LogP contribution in [0.5, 0.6) is 0 Å².